The van der Waals surface area contributed by atoms with Gasteiger partial charge in [-0.2, -0.15) is 5.10 Å². The summed E-state index contributed by atoms with van der Waals surface area (Å²) in [6.07, 6.45) is 2.46. The summed E-state index contributed by atoms with van der Waals surface area (Å²) in [7, 11) is 1.59. The number of carbonyl (C=O) groups excluding carboxylic acids is 1. The van der Waals surface area contributed by atoms with Gasteiger partial charge in [-0.3, -0.25) is 4.79 Å². The first-order valence-corrected chi connectivity index (χ1v) is 10.7. The molecule has 0 fully saturated rings. The first-order valence-electron chi connectivity index (χ1n) is 9.91. The van der Waals surface area contributed by atoms with Gasteiger partial charge in [-0.05, 0) is 66.3 Å². The first kappa shape index (κ1) is 23.7. The maximum atomic E-state index is 12.1. The molecule has 30 heavy (non-hydrogen) atoms. The molecule has 0 unspecified atom stereocenters. The molecule has 7 heteroatoms. The second kappa shape index (κ2) is 11.6. The fraction of sp³-hybridized carbons (Fsp3) is 0.391. The van der Waals surface area contributed by atoms with Gasteiger partial charge in [0, 0.05) is 4.47 Å². The van der Waals surface area contributed by atoms with Crippen molar-refractivity contribution < 1.29 is 19.0 Å². The second-order valence-corrected chi connectivity index (χ2v) is 7.99. The van der Waals surface area contributed by atoms with Crippen molar-refractivity contribution in [3.8, 4) is 17.2 Å². The van der Waals surface area contributed by atoms with Gasteiger partial charge in [0.2, 0.25) is 0 Å². The number of benzene rings is 2. The predicted molar refractivity (Wildman–Crippen MR) is 123 cm³/mol. The number of rotatable bonds is 10. The third-order valence-electron chi connectivity index (χ3n) is 4.32. The van der Waals surface area contributed by atoms with E-state index >= 15 is 0 Å². The summed E-state index contributed by atoms with van der Waals surface area (Å²) in [6.45, 7) is 8.70. The lowest BCUT2D eigenvalue weighted by atomic mass is 10.0. The van der Waals surface area contributed by atoms with Crippen LogP contribution in [0.4, 0.5) is 0 Å². The average Bonchev–Trinajstić information content (AvgIpc) is 2.72. The molecule has 0 spiro atoms. The molecule has 0 aliphatic heterocycles. The van der Waals surface area contributed by atoms with Gasteiger partial charge in [0.15, 0.2) is 18.1 Å². The molecule has 162 valence electrons. The van der Waals surface area contributed by atoms with Gasteiger partial charge in [0.25, 0.3) is 5.91 Å². The topological polar surface area (TPSA) is 69.2 Å². The number of amides is 1. The number of hydrazone groups is 1. The molecule has 0 heterocycles. The second-order valence-electron chi connectivity index (χ2n) is 7.13. The molecule has 0 aromatic heterocycles. The molecule has 0 atom stereocenters. The average molecular weight is 477 g/mol. The zero-order valence-electron chi connectivity index (χ0n) is 18.1. The normalized spacial score (nSPS) is 11.0. The smallest absolute Gasteiger partial charge is 0.277 e. The molecule has 2 aromatic carbocycles. The largest absolute Gasteiger partial charge is 0.493 e. The Labute approximate surface area is 186 Å². The SMILES string of the molecule is CCCOc1ccc(/C=N/NC(=O)COc2cc(C)c(Br)cc2C(C)C)cc1OC. The lowest BCUT2D eigenvalue weighted by Gasteiger charge is -2.15. The molecule has 2 rings (SSSR count). The molecular formula is C23H29BrN2O4. The molecule has 0 radical (unpaired) electrons. The van der Waals surface area contributed by atoms with Gasteiger partial charge in [-0.15, -0.1) is 0 Å². The highest BCUT2D eigenvalue weighted by Crippen LogP contribution is 2.32. The van der Waals surface area contributed by atoms with Crippen LogP contribution in [0.5, 0.6) is 17.2 Å². The van der Waals surface area contributed by atoms with Crippen molar-refractivity contribution in [2.24, 2.45) is 5.10 Å². The molecule has 0 aliphatic rings. The third-order valence-corrected chi connectivity index (χ3v) is 5.18. The minimum Gasteiger partial charge on any atom is -0.493 e. The number of methoxy groups -OCH3 is 1. The number of ether oxygens (including phenoxy) is 3. The van der Waals surface area contributed by atoms with Gasteiger partial charge in [0.05, 0.1) is 19.9 Å². The highest BCUT2D eigenvalue weighted by Gasteiger charge is 2.12. The van der Waals surface area contributed by atoms with Crippen LogP contribution in [0.3, 0.4) is 0 Å². The Morgan fingerprint density at radius 3 is 2.60 bits per heavy atom. The van der Waals surface area contributed by atoms with Crippen molar-refractivity contribution in [3.63, 3.8) is 0 Å². The van der Waals surface area contributed by atoms with Gasteiger partial charge in [-0.25, -0.2) is 5.43 Å². The van der Waals surface area contributed by atoms with Gasteiger partial charge >= 0.3 is 0 Å². The Kier molecular flexibility index (Phi) is 9.17. The molecule has 1 amide bonds. The fourth-order valence-corrected chi connectivity index (χ4v) is 3.06. The predicted octanol–water partition coefficient (Wildman–Crippen LogP) is 5.21. The Morgan fingerprint density at radius 2 is 1.93 bits per heavy atom. The van der Waals surface area contributed by atoms with Crippen molar-refractivity contribution in [1.82, 2.24) is 5.43 Å². The van der Waals surface area contributed by atoms with E-state index < -0.39 is 0 Å². The van der Waals surface area contributed by atoms with E-state index in [4.69, 9.17) is 14.2 Å². The van der Waals surface area contributed by atoms with Crippen molar-refractivity contribution in [2.45, 2.75) is 40.0 Å². The number of hydrogen-bond donors (Lipinski definition) is 1. The first-order chi connectivity index (χ1) is 14.3. The Morgan fingerprint density at radius 1 is 1.17 bits per heavy atom. The molecule has 0 saturated heterocycles. The minimum absolute atomic E-state index is 0.120. The summed E-state index contributed by atoms with van der Waals surface area (Å²) in [6, 6.07) is 9.44. The van der Waals surface area contributed by atoms with E-state index in [1.807, 2.05) is 38.1 Å². The maximum Gasteiger partial charge on any atom is 0.277 e. The lowest BCUT2D eigenvalue weighted by Crippen LogP contribution is -2.25. The summed E-state index contributed by atoms with van der Waals surface area (Å²) >= 11 is 3.54. The fourth-order valence-electron chi connectivity index (χ4n) is 2.70. The van der Waals surface area contributed by atoms with Crippen molar-refractivity contribution in [2.75, 3.05) is 20.3 Å². The van der Waals surface area contributed by atoms with Crippen LogP contribution in [0.15, 0.2) is 39.9 Å². The van der Waals surface area contributed by atoms with Crippen LogP contribution >= 0.6 is 15.9 Å². The summed E-state index contributed by atoms with van der Waals surface area (Å²) in [5, 5.41) is 4.00. The molecule has 1 N–H and O–H groups in total. The van der Waals surface area contributed by atoms with Gasteiger partial charge in [0.1, 0.15) is 5.75 Å². The molecule has 2 aromatic rings. The van der Waals surface area contributed by atoms with Gasteiger partial charge < -0.3 is 14.2 Å². The summed E-state index contributed by atoms with van der Waals surface area (Å²) < 4.78 is 17.7. The molecule has 6 nitrogen and oxygen atoms in total. The summed E-state index contributed by atoms with van der Waals surface area (Å²) in [4.78, 5) is 12.1. The van der Waals surface area contributed by atoms with Crippen LogP contribution in [0.25, 0.3) is 0 Å². The summed E-state index contributed by atoms with van der Waals surface area (Å²) in [5.41, 5.74) is 5.36. The van der Waals surface area contributed by atoms with Crippen LogP contribution in [-0.2, 0) is 4.79 Å². The number of halogens is 1. The van der Waals surface area contributed by atoms with Crippen molar-refractivity contribution >= 4 is 28.1 Å². The standard InChI is InChI=1S/C23H29BrN2O4/c1-6-9-29-20-8-7-17(11-22(20)28-5)13-25-26-23(27)14-30-21-10-16(4)19(24)12-18(21)15(2)3/h7-8,10-13,15H,6,9,14H2,1-5H3,(H,26,27)/b25-13+. The van der Waals surface area contributed by atoms with E-state index in [0.29, 0.717) is 23.9 Å². The van der Waals surface area contributed by atoms with E-state index in [9.17, 15) is 4.79 Å². The minimum atomic E-state index is -0.337. The maximum absolute atomic E-state index is 12.1. The zero-order chi connectivity index (χ0) is 22.1. The van der Waals surface area contributed by atoms with Crippen LogP contribution in [0, 0.1) is 6.92 Å². The summed E-state index contributed by atoms with van der Waals surface area (Å²) in [5.74, 6) is 1.94. The van der Waals surface area contributed by atoms with Crippen LogP contribution in [0.1, 0.15) is 49.8 Å². The Bertz CT molecular complexity index is 897. The van der Waals surface area contributed by atoms with Crippen molar-refractivity contribution in [1.29, 1.82) is 0 Å². The third kappa shape index (κ3) is 6.76. The molecule has 0 bridgehead atoms. The van der Waals surface area contributed by atoms with Crippen LogP contribution < -0.4 is 19.6 Å². The lowest BCUT2D eigenvalue weighted by molar-refractivity contribution is -0.123. The van der Waals surface area contributed by atoms with E-state index in [-0.39, 0.29) is 18.4 Å². The van der Waals surface area contributed by atoms with E-state index in [1.165, 1.54) is 0 Å². The van der Waals surface area contributed by atoms with Crippen LogP contribution in [-0.4, -0.2) is 32.4 Å². The van der Waals surface area contributed by atoms with Crippen LogP contribution in [0.2, 0.25) is 0 Å². The van der Waals surface area contributed by atoms with E-state index in [2.05, 4.69) is 40.3 Å². The highest BCUT2D eigenvalue weighted by atomic mass is 79.9. The number of nitrogens with one attached hydrogen (secondary N) is 1. The molecular weight excluding hydrogens is 448 g/mol. The number of aryl methyl sites for hydroxylation is 1. The van der Waals surface area contributed by atoms with E-state index in [0.717, 1.165) is 27.6 Å². The quantitative estimate of drug-likeness (QED) is 0.377. The van der Waals surface area contributed by atoms with Gasteiger partial charge in [-0.1, -0.05) is 36.7 Å². The number of nitrogens with zero attached hydrogens (tertiary/aromatic N) is 1. The monoisotopic (exact) mass is 476 g/mol. The van der Waals surface area contributed by atoms with E-state index in [1.54, 1.807) is 19.4 Å². The molecule has 0 saturated carbocycles. The zero-order valence-corrected chi connectivity index (χ0v) is 19.7. The molecule has 0 aliphatic carbocycles. The van der Waals surface area contributed by atoms with Crippen molar-refractivity contribution in [3.05, 3.63) is 51.5 Å². The Hall–Kier alpha value is -2.54. The number of hydrogen-bond acceptors (Lipinski definition) is 5. The number of carbonyl (C=O) groups is 1. The Balaban J connectivity index is 1.95. The highest BCUT2D eigenvalue weighted by molar-refractivity contribution is 9.10.